The van der Waals surface area contributed by atoms with E-state index in [0.29, 0.717) is 5.56 Å². The van der Waals surface area contributed by atoms with Gasteiger partial charge in [0.05, 0.1) is 6.54 Å². The van der Waals surface area contributed by atoms with Crippen molar-refractivity contribution in [1.82, 2.24) is 5.32 Å². The van der Waals surface area contributed by atoms with Gasteiger partial charge in [0.25, 0.3) is 5.91 Å². The van der Waals surface area contributed by atoms with Crippen LogP contribution in [0.1, 0.15) is 10.4 Å². The van der Waals surface area contributed by atoms with Gasteiger partial charge < -0.3 is 11.1 Å². The maximum Gasteiger partial charge on any atom is 0.251 e. The number of nitrogens with two attached hydrogens (primary N) is 1. The molecule has 0 aromatic heterocycles. The molecule has 2 amide bonds. The Balaban J connectivity index is 2.20. The number of rotatable bonds is 4. The van der Waals surface area contributed by atoms with E-state index in [4.69, 9.17) is 5.73 Å². The van der Waals surface area contributed by atoms with Crippen molar-refractivity contribution in [3.8, 4) is 11.1 Å². The van der Waals surface area contributed by atoms with E-state index in [0.717, 1.165) is 11.1 Å². The zero-order valence-corrected chi connectivity index (χ0v) is 10.3. The Morgan fingerprint density at radius 3 is 2.32 bits per heavy atom. The number of hydrogen-bond acceptors (Lipinski definition) is 2. The molecule has 96 valence electrons. The van der Waals surface area contributed by atoms with E-state index in [-0.39, 0.29) is 12.5 Å². The predicted octanol–water partition coefficient (Wildman–Crippen LogP) is 1.57. The summed E-state index contributed by atoms with van der Waals surface area (Å²) in [6, 6.07) is 17.0. The van der Waals surface area contributed by atoms with E-state index in [1.165, 1.54) is 0 Å². The molecule has 4 heteroatoms. The van der Waals surface area contributed by atoms with Gasteiger partial charge in [0.1, 0.15) is 0 Å². The lowest BCUT2D eigenvalue weighted by molar-refractivity contribution is -0.117. The van der Waals surface area contributed by atoms with Crippen molar-refractivity contribution in [2.24, 2.45) is 5.73 Å². The zero-order valence-electron chi connectivity index (χ0n) is 10.3. The van der Waals surface area contributed by atoms with E-state index in [9.17, 15) is 9.59 Å². The second kappa shape index (κ2) is 5.82. The lowest BCUT2D eigenvalue weighted by atomic mass is 10.0. The first kappa shape index (κ1) is 12.8. The van der Waals surface area contributed by atoms with Gasteiger partial charge in [-0.25, -0.2) is 0 Å². The molecular formula is C15H14N2O2. The highest BCUT2D eigenvalue weighted by Gasteiger charge is 2.07. The normalized spacial score (nSPS) is 9.89. The molecule has 0 bridgehead atoms. The molecule has 0 radical (unpaired) electrons. The number of benzene rings is 2. The summed E-state index contributed by atoms with van der Waals surface area (Å²) >= 11 is 0. The topological polar surface area (TPSA) is 72.2 Å². The Hall–Kier alpha value is -2.62. The van der Waals surface area contributed by atoms with Gasteiger partial charge >= 0.3 is 0 Å². The van der Waals surface area contributed by atoms with Crippen LogP contribution in [0.3, 0.4) is 0 Å². The third-order valence-electron chi connectivity index (χ3n) is 2.66. The molecular weight excluding hydrogens is 240 g/mol. The van der Waals surface area contributed by atoms with Crippen molar-refractivity contribution in [1.29, 1.82) is 0 Å². The van der Waals surface area contributed by atoms with Gasteiger partial charge in [0.15, 0.2) is 0 Å². The van der Waals surface area contributed by atoms with Crippen LogP contribution in [0.25, 0.3) is 11.1 Å². The number of carbonyl (C=O) groups excluding carboxylic acids is 2. The van der Waals surface area contributed by atoms with E-state index in [1.54, 1.807) is 12.1 Å². The van der Waals surface area contributed by atoms with Crippen LogP contribution in [0.4, 0.5) is 0 Å². The van der Waals surface area contributed by atoms with E-state index >= 15 is 0 Å². The molecule has 0 heterocycles. The molecule has 19 heavy (non-hydrogen) atoms. The minimum absolute atomic E-state index is 0.158. The van der Waals surface area contributed by atoms with Crippen LogP contribution in [0.5, 0.6) is 0 Å². The lowest BCUT2D eigenvalue weighted by Crippen LogP contribution is -2.33. The molecule has 0 saturated carbocycles. The zero-order chi connectivity index (χ0) is 13.7. The van der Waals surface area contributed by atoms with Crippen LogP contribution in [0.15, 0.2) is 54.6 Å². The van der Waals surface area contributed by atoms with Crippen molar-refractivity contribution in [3.05, 3.63) is 60.2 Å². The summed E-state index contributed by atoms with van der Waals surface area (Å²) in [5.74, 6) is -0.871. The van der Waals surface area contributed by atoms with Crippen LogP contribution >= 0.6 is 0 Å². The van der Waals surface area contributed by atoms with Gasteiger partial charge in [-0.1, -0.05) is 42.5 Å². The minimum atomic E-state index is -0.562. The fourth-order valence-corrected chi connectivity index (χ4v) is 1.74. The van der Waals surface area contributed by atoms with Crippen LogP contribution in [0.2, 0.25) is 0 Å². The van der Waals surface area contributed by atoms with Crippen molar-refractivity contribution in [2.75, 3.05) is 6.54 Å². The highest BCUT2D eigenvalue weighted by Crippen LogP contribution is 2.19. The summed E-state index contributed by atoms with van der Waals surface area (Å²) in [4.78, 5) is 22.4. The molecule has 2 rings (SSSR count). The van der Waals surface area contributed by atoms with Gasteiger partial charge in [0.2, 0.25) is 5.91 Å². The molecule has 0 aliphatic carbocycles. The first-order valence-electron chi connectivity index (χ1n) is 5.89. The molecule has 0 fully saturated rings. The fourth-order valence-electron chi connectivity index (χ4n) is 1.74. The summed E-state index contributed by atoms with van der Waals surface area (Å²) < 4.78 is 0. The number of amides is 2. The third-order valence-corrected chi connectivity index (χ3v) is 2.66. The van der Waals surface area contributed by atoms with Crippen molar-refractivity contribution in [3.63, 3.8) is 0 Å². The molecule has 0 unspecified atom stereocenters. The highest BCUT2D eigenvalue weighted by atomic mass is 16.2. The molecule has 2 aromatic carbocycles. The molecule has 0 spiro atoms. The van der Waals surface area contributed by atoms with Crippen molar-refractivity contribution >= 4 is 11.8 Å². The summed E-state index contributed by atoms with van der Waals surface area (Å²) in [5.41, 5.74) is 7.47. The SMILES string of the molecule is NC(=O)CNC(=O)c1cccc(-c2ccccc2)c1. The van der Waals surface area contributed by atoms with Crippen LogP contribution in [-0.2, 0) is 4.79 Å². The molecule has 2 aromatic rings. The maximum absolute atomic E-state index is 11.8. The molecule has 3 N–H and O–H groups in total. The van der Waals surface area contributed by atoms with E-state index in [2.05, 4.69) is 5.32 Å². The Kier molecular flexibility index (Phi) is 3.93. The monoisotopic (exact) mass is 254 g/mol. The van der Waals surface area contributed by atoms with Crippen molar-refractivity contribution < 1.29 is 9.59 Å². The van der Waals surface area contributed by atoms with Gasteiger partial charge in [-0.05, 0) is 23.3 Å². The quantitative estimate of drug-likeness (QED) is 0.869. The number of carbonyl (C=O) groups is 2. The smallest absolute Gasteiger partial charge is 0.251 e. The minimum Gasteiger partial charge on any atom is -0.368 e. The number of nitrogens with one attached hydrogen (secondary N) is 1. The second-order valence-corrected chi connectivity index (χ2v) is 4.10. The Morgan fingerprint density at radius 2 is 1.63 bits per heavy atom. The van der Waals surface area contributed by atoms with Crippen LogP contribution in [0, 0.1) is 0 Å². The molecule has 0 aliphatic rings. The van der Waals surface area contributed by atoms with Crippen LogP contribution < -0.4 is 11.1 Å². The van der Waals surface area contributed by atoms with E-state index < -0.39 is 5.91 Å². The summed E-state index contributed by atoms with van der Waals surface area (Å²) in [6.45, 7) is -0.158. The number of primary amides is 1. The maximum atomic E-state index is 11.8. The lowest BCUT2D eigenvalue weighted by Gasteiger charge is -2.06. The first-order chi connectivity index (χ1) is 9.16. The number of hydrogen-bond donors (Lipinski definition) is 2. The largest absolute Gasteiger partial charge is 0.368 e. The van der Waals surface area contributed by atoms with Gasteiger partial charge in [-0.2, -0.15) is 0 Å². The second-order valence-electron chi connectivity index (χ2n) is 4.10. The van der Waals surface area contributed by atoms with Crippen molar-refractivity contribution in [2.45, 2.75) is 0 Å². The van der Waals surface area contributed by atoms with Gasteiger partial charge in [0, 0.05) is 5.56 Å². The molecule has 0 saturated heterocycles. The average Bonchev–Trinajstić information content (AvgIpc) is 2.46. The molecule has 4 nitrogen and oxygen atoms in total. The molecule has 0 atom stereocenters. The predicted molar refractivity (Wildman–Crippen MR) is 73.4 cm³/mol. The fraction of sp³-hybridized carbons (Fsp3) is 0.0667. The van der Waals surface area contributed by atoms with Gasteiger partial charge in [-0.15, -0.1) is 0 Å². The Labute approximate surface area is 111 Å². The Bertz CT molecular complexity index is 594. The third kappa shape index (κ3) is 3.42. The Morgan fingerprint density at radius 1 is 0.947 bits per heavy atom. The van der Waals surface area contributed by atoms with Crippen LogP contribution in [-0.4, -0.2) is 18.4 Å². The highest BCUT2D eigenvalue weighted by molar-refractivity contribution is 5.97. The standard InChI is InChI=1S/C15H14N2O2/c16-14(18)10-17-15(19)13-8-4-7-12(9-13)11-5-2-1-3-6-11/h1-9H,10H2,(H2,16,18)(H,17,19). The van der Waals surface area contributed by atoms with E-state index in [1.807, 2.05) is 42.5 Å². The average molecular weight is 254 g/mol. The summed E-state index contributed by atoms with van der Waals surface area (Å²) in [5, 5.41) is 2.46. The van der Waals surface area contributed by atoms with Gasteiger partial charge in [-0.3, -0.25) is 9.59 Å². The first-order valence-corrected chi connectivity index (χ1v) is 5.89. The molecule has 0 aliphatic heterocycles. The summed E-state index contributed by atoms with van der Waals surface area (Å²) in [7, 11) is 0. The summed E-state index contributed by atoms with van der Waals surface area (Å²) in [6.07, 6.45) is 0.